The van der Waals surface area contributed by atoms with Gasteiger partial charge >= 0.3 is 0 Å². The first-order valence-corrected chi connectivity index (χ1v) is 8.52. The van der Waals surface area contributed by atoms with E-state index in [1.54, 1.807) is 23.3 Å². The molecule has 0 aliphatic carbocycles. The zero-order chi connectivity index (χ0) is 17.9. The van der Waals surface area contributed by atoms with Gasteiger partial charge in [-0.2, -0.15) is 24.6 Å². The van der Waals surface area contributed by atoms with Gasteiger partial charge in [0.2, 0.25) is 5.95 Å². The second-order valence-corrected chi connectivity index (χ2v) is 6.25. The SMILES string of the molecule is N#Cc1cccc(-c2ccc(F)nc2)c1N1CCC(n2nccn2)CC1. The summed E-state index contributed by atoms with van der Waals surface area (Å²) in [5.74, 6) is -0.515. The van der Waals surface area contributed by atoms with Gasteiger partial charge in [0, 0.05) is 30.4 Å². The smallest absolute Gasteiger partial charge is 0.212 e. The van der Waals surface area contributed by atoms with Gasteiger partial charge in [-0.3, -0.25) is 0 Å². The van der Waals surface area contributed by atoms with Crippen molar-refractivity contribution in [3.63, 3.8) is 0 Å². The Morgan fingerprint density at radius 2 is 1.85 bits per heavy atom. The van der Waals surface area contributed by atoms with Gasteiger partial charge < -0.3 is 4.90 Å². The number of aromatic nitrogens is 4. The average Bonchev–Trinajstić information content (AvgIpc) is 3.23. The van der Waals surface area contributed by atoms with E-state index in [1.165, 1.54) is 12.3 Å². The Bertz CT molecular complexity index is 922. The second-order valence-electron chi connectivity index (χ2n) is 6.25. The van der Waals surface area contributed by atoms with Crippen LogP contribution in [0.25, 0.3) is 11.1 Å². The highest BCUT2D eigenvalue weighted by Gasteiger charge is 2.25. The number of piperidine rings is 1. The lowest BCUT2D eigenvalue weighted by molar-refractivity contribution is 0.333. The molecule has 0 atom stereocenters. The molecular weight excluding hydrogens is 331 g/mol. The van der Waals surface area contributed by atoms with Crippen molar-refractivity contribution in [1.82, 2.24) is 20.0 Å². The third kappa shape index (κ3) is 3.02. The van der Waals surface area contributed by atoms with Crippen LogP contribution in [-0.2, 0) is 0 Å². The largest absolute Gasteiger partial charge is 0.370 e. The van der Waals surface area contributed by atoms with Gasteiger partial charge in [0.15, 0.2) is 0 Å². The van der Waals surface area contributed by atoms with Crippen molar-refractivity contribution < 1.29 is 4.39 Å². The third-order valence-electron chi connectivity index (χ3n) is 4.74. The van der Waals surface area contributed by atoms with Crippen molar-refractivity contribution in [2.45, 2.75) is 18.9 Å². The maximum atomic E-state index is 13.2. The van der Waals surface area contributed by atoms with Crippen LogP contribution in [0.1, 0.15) is 24.4 Å². The van der Waals surface area contributed by atoms with Crippen LogP contribution in [0.3, 0.4) is 0 Å². The van der Waals surface area contributed by atoms with E-state index in [1.807, 2.05) is 18.2 Å². The number of hydrogen-bond donors (Lipinski definition) is 0. The van der Waals surface area contributed by atoms with Crippen LogP contribution < -0.4 is 4.90 Å². The van der Waals surface area contributed by atoms with E-state index in [9.17, 15) is 9.65 Å². The minimum atomic E-state index is -0.515. The summed E-state index contributed by atoms with van der Waals surface area (Å²) in [7, 11) is 0. The van der Waals surface area contributed by atoms with Gasteiger partial charge in [-0.15, -0.1) is 0 Å². The van der Waals surface area contributed by atoms with Crippen LogP contribution in [0.15, 0.2) is 48.9 Å². The Kier molecular flexibility index (Phi) is 4.32. The van der Waals surface area contributed by atoms with Gasteiger partial charge in [0.25, 0.3) is 0 Å². The molecule has 1 fully saturated rings. The molecule has 6 nitrogen and oxygen atoms in total. The Balaban J connectivity index is 1.66. The van der Waals surface area contributed by atoms with Gasteiger partial charge in [-0.25, -0.2) is 4.98 Å². The summed E-state index contributed by atoms with van der Waals surface area (Å²) in [6, 6.07) is 11.2. The summed E-state index contributed by atoms with van der Waals surface area (Å²) in [5.41, 5.74) is 3.19. The van der Waals surface area contributed by atoms with Gasteiger partial charge in [-0.1, -0.05) is 12.1 Å². The molecule has 1 aliphatic rings. The summed E-state index contributed by atoms with van der Waals surface area (Å²) in [5, 5.41) is 18.1. The summed E-state index contributed by atoms with van der Waals surface area (Å²) in [4.78, 5) is 7.74. The van der Waals surface area contributed by atoms with E-state index < -0.39 is 5.95 Å². The molecule has 26 heavy (non-hydrogen) atoms. The topological polar surface area (TPSA) is 70.6 Å². The Hall–Kier alpha value is -3.27. The molecular formula is C19H17FN6. The number of anilines is 1. The molecule has 4 rings (SSSR count). The highest BCUT2D eigenvalue weighted by atomic mass is 19.1. The predicted molar refractivity (Wildman–Crippen MR) is 94.9 cm³/mol. The minimum absolute atomic E-state index is 0.270. The Labute approximate surface area is 150 Å². The van der Waals surface area contributed by atoms with E-state index in [0.717, 1.165) is 42.7 Å². The van der Waals surface area contributed by atoms with E-state index in [0.29, 0.717) is 5.56 Å². The Morgan fingerprint density at radius 3 is 2.50 bits per heavy atom. The molecule has 0 radical (unpaired) electrons. The van der Waals surface area contributed by atoms with E-state index >= 15 is 0 Å². The van der Waals surface area contributed by atoms with Crippen LogP contribution in [0.2, 0.25) is 0 Å². The normalized spacial score (nSPS) is 15.0. The van der Waals surface area contributed by atoms with Gasteiger partial charge in [0.1, 0.15) is 6.07 Å². The summed E-state index contributed by atoms with van der Waals surface area (Å²) < 4.78 is 13.2. The molecule has 0 bridgehead atoms. The minimum Gasteiger partial charge on any atom is -0.370 e. The maximum Gasteiger partial charge on any atom is 0.212 e. The van der Waals surface area contributed by atoms with Crippen LogP contribution in [0.5, 0.6) is 0 Å². The molecule has 1 saturated heterocycles. The number of nitrogens with zero attached hydrogens (tertiary/aromatic N) is 6. The standard InChI is InChI=1S/C19H17FN6/c20-18-5-4-15(13-22-18)17-3-1-2-14(12-21)19(17)25-10-6-16(7-11-25)26-23-8-9-24-26/h1-5,8-9,13,16H,6-7,10-11H2. The lowest BCUT2D eigenvalue weighted by Gasteiger charge is -2.34. The highest BCUT2D eigenvalue weighted by molar-refractivity contribution is 5.82. The highest BCUT2D eigenvalue weighted by Crippen LogP contribution is 2.36. The van der Waals surface area contributed by atoms with Crippen molar-refractivity contribution >= 4 is 5.69 Å². The van der Waals surface area contributed by atoms with Crippen LogP contribution in [0, 0.1) is 17.3 Å². The molecule has 7 heteroatoms. The lowest BCUT2D eigenvalue weighted by Crippen LogP contribution is -2.36. The van der Waals surface area contributed by atoms with Crippen molar-refractivity contribution in [1.29, 1.82) is 5.26 Å². The average molecular weight is 348 g/mol. The summed E-state index contributed by atoms with van der Waals surface area (Å²) >= 11 is 0. The van der Waals surface area contributed by atoms with E-state index in [-0.39, 0.29) is 6.04 Å². The zero-order valence-electron chi connectivity index (χ0n) is 14.1. The van der Waals surface area contributed by atoms with Crippen molar-refractivity contribution in [3.05, 3.63) is 60.4 Å². The molecule has 2 aromatic heterocycles. The van der Waals surface area contributed by atoms with E-state index in [2.05, 4.69) is 26.2 Å². The molecule has 0 spiro atoms. The first-order chi connectivity index (χ1) is 12.8. The maximum absolute atomic E-state index is 13.2. The number of para-hydroxylation sites is 1. The molecule has 1 aliphatic heterocycles. The number of pyridine rings is 1. The quantitative estimate of drug-likeness (QED) is 0.680. The van der Waals surface area contributed by atoms with Crippen LogP contribution in [0.4, 0.5) is 10.1 Å². The zero-order valence-corrected chi connectivity index (χ0v) is 14.1. The molecule has 0 amide bonds. The van der Waals surface area contributed by atoms with Crippen LogP contribution >= 0.6 is 0 Å². The van der Waals surface area contributed by atoms with Gasteiger partial charge in [-0.05, 0) is 31.0 Å². The lowest BCUT2D eigenvalue weighted by atomic mass is 9.97. The second kappa shape index (κ2) is 6.92. The number of benzene rings is 1. The first kappa shape index (κ1) is 16.2. The summed E-state index contributed by atoms with van der Waals surface area (Å²) in [6.07, 6.45) is 6.69. The number of halogens is 1. The van der Waals surface area contributed by atoms with Gasteiger partial charge in [0.05, 0.1) is 29.7 Å². The van der Waals surface area contributed by atoms with Crippen molar-refractivity contribution in [3.8, 4) is 17.2 Å². The van der Waals surface area contributed by atoms with Crippen molar-refractivity contribution in [2.24, 2.45) is 0 Å². The number of nitriles is 1. The van der Waals surface area contributed by atoms with E-state index in [4.69, 9.17) is 0 Å². The molecule has 3 aromatic rings. The fourth-order valence-electron chi connectivity index (χ4n) is 3.48. The first-order valence-electron chi connectivity index (χ1n) is 8.52. The molecule has 0 N–H and O–H groups in total. The fraction of sp³-hybridized carbons (Fsp3) is 0.263. The Morgan fingerprint density at radius 1 is 1.08 bits per heavy atom. The molecule has 130 valence electrons. The molecule has 0 unspecified atom stereocenters. The fourth-order valence-corrected chi connectivity index (χ4v) is 3.48. The molecule has 3 heterocycles. The number of rotatable bonds is 3. The molecule has 1 aromatic carbocycles. The predicted octanol–water partition coefficient (Wildman–Crippen LogP) is 3.19. The third-order valence-corrected chi connectivity index (χ3v) is 4.74. The summed E-state index contributed by atoms with van der Waals surface area (Å²) in [6.45, 7) is 1.60. The molecule has 0 saturated carbocycles. The van der Waals surface area contributed by atoms with Crippen molar-refractivity contribution in [2.75, 3.05) is 18.0 Å². The van der Waals surface area contributed by atoms with Crippen LogP contribution in [-0.4, -0.2) is 33.1 Å². The number of hydrogen-bond acceptors (Lipinski definition) is 5. The monoisotopic (exact) mass is 348 g/mol.